The van der Waals surface area contributed by atoms with Gasteiger partial charge in [0.1, 0.15) is 18.1 Å². The fourth-order valence-electron chi connectivity index (χ4n) is 2.78. The van der Waals surface area contributed by atoms with Gasteiger partial charge in [0.15, 0.2) is 0 Å². The third kappa shape index (κ3) is 4.81. The number of ether oxygens (including phenoxy) is 1. The number of hydrogen-bond donors (Lipinski definition) is 0. The molecule has 3 aromatic rings. The van der Waals surface area contributed by atoms with Crippen molar-refractivity contribution in [1.82, 2.24) is 9.13 Å². The Bertz CT molecular complexity index is 1190. The van der Waals surface area contributed by atoms with Gasteiger partial charge in [0.05, 0.1) is 11.3 Å². The first-order valence-electron chi connectivity index (χ1n) is 8.67. The summed E-state index contributed by atoms with van der Waals surface area (Å²) in [6.07, 6.45) is -9.30. The van der Waals surface area contributed by atoms with Gasteiger partial charge in [-0.2, -0.15) is 26.3 Å². The third-order valence-electron chi connectivity index (χ3n) is 4.39. The predicted molar refractivity (Wildman–Crippen MR) is 98.1 cm³/mol. The number of halogens is 6. The van der Waals surface area contributed by atoms with E-state index < -0.39 is 34.9 Å². The van der Waals surface area contributed by atoms with Crippen LogP contribution in [0.1, 0.15) is 16.8 Å². The molecule has 0 bridgehead atoms. The summed E-state index contributed by atoms with van der Waals surface area (Å²) < 4.78 is 82.9. The highest BCUT2D eigenvalue weighted by Crippen LogP contribution is 2.29. The van der Waals surface area contributed by atoms with Gasteiger partial charge in [-0.25, -0.2) is 9.36 Å². The van der Waals surface area contributed by atoms with Crippen LogP contribution in [0.15, 0.2) is 64.2 Å². The molecule has 0 radical (unpaired) electrons. The van der Waals surface area contributed by atoms with Crippen LogP contribution < -0.4 is 16.0 Å². The van der Waals surface area contributed by atoms with Crippen molar-refractivity contribution >= 4 is 0 Å². The minimum absolute atomic E-state index is 0.0289. The predicted octanol–water partition coefficient (Wildman–Crippen LogP) is 4.15. The summed E-state index contributed by atoms with van der Waals surface area (Å²) in [5.41, 5.74) is -3.96. The second kappa shape index (κ2) is 7.97. The lowest BCUT2D eigenvalue weighted by molar-refractivity contribution is -0.144. The molecule has 1 aromatic heterocycles. The summed E-state index contributed by atoms with van der Waals surface area (Å²) in [7, 11) is 0.905. The average molecular weight is 444 g/mol. The van der Waals surface area contributed by atoms with Gasteiger partial charge in [0.25, 0.3) is 5.56 Å². The molecule has 5 nitrogen and oxygen atoms in total. The van der Waals surface area contributed by atoms with E-state index in [4.69, 9.17) is 4.74 Å². The molecular formula is C20H14F6N2O3. The van der Waals surface area contributed by atoms with Crippen molar-refractivity contribution in [2.24, 2.45) is 7.05 Å². The van der Waals surface area contributed by atoms with Gasteiger partial charge >= 0.3 is 18.0 Å². The van der Waals surface area contributed by atoms with Crippen LogP contribution in [-0.2, 0) is 26.0 Å². The number of rotatable bonds is 4. The molecular weight excluding hydrogens is 430 g/mol. The molecule has 0 aliphatic rings. The highest BCUT2D eigenvalue weighted by Gasteiger charge is 2.35. The van der Waals surface area contributed by atoms with Gasteiger partial charge in [0, 0.05) is 13.1 Å². The van der Waals surface area contributed by atoms with E-state index in [9.17, 15) is 35.9 Å². The van der Waals surface area contributed by atoms with E-state index in [1.807, 2.05) is 0 Å². The summed E-state index contributed by atoms with van der Waals surface area (Å²) >= 11 is 0. The fourth-order valence-corrected chi connectivity index (χ4v) is 2.78. The first kappa shape index (κ1) is 22.2. The Labute approximate surface area is 170 Å². The third-order valence-corrected chi connectivity index (χ3v) is 4.39. The van der Waals surface area contributed by atoms with Crippen molar-refractivity contribution in [1.29, 1.82) is 0 Å². The van der Waals surface area contributed by atoms with E-state index >= 15 is 0 Å². The Morgan fingerprint density at radius 1 is 0.839 bits per heavy atom. The van der Waals surface area contributed by atoms with Crippen LogP contribution in [0.4, 0.5) is 26.3 Å². The van der Waals surface area contributed by atoms with Crippen LogP contribution in [0.2, 0.25) is 0 Å². The van der Waals surface area contributed by atoms with Crippen molar-refractivity contribution in [3.63, 3.8) is 0 Å². The first-order chi connectivity index (χ1) is 14.4. The van der Waals surface area contributed by atoms with E-state index in [-0.39, 0.29) is 18.0 Å². The number of aromatic nitrogens is 2. The van der Waals surface area contributed by atoms with Crippen molar-refractivity contribution in [2.75, 3.05) is 0 Å². The number of alkyl halides is 6. The Morgan fingerprint density at radius 3 is 1.94 bits per heavy atom. The lowest BCUT2D eigenvalue weighted by atomic mass is 10.1. The Hall–Kier alpha value is -3.50. The van der Waals surface area contributed by atoms with Crippen LogP contribution in [0.3, 0.4) is 0 Å². The largest absolute Gasteiger partial charge is 0.489 e. The molecule has 3 rings (SSSR count). The molecule has 31 heavy (non-hydrogen) atoms. The van der Waals surface area contributed by atoms with Gasteiger partial charge in [-0.1, -0.05) is 12.1 Å². The summed E-state index contributed by atoms with van der Waals surface area (Å²) in [5, 5.41) is 0. The fraction of sp³-hybridized carbons (Fsp3) is 0.200. The number of nitrogens with zero attached hydrogens (tertiary/aromatic N) is 2. The minimum atomic E-state index is -4.86. The molecule has 1 heterocycles. The number of benzene rings is 2. The number of hydrogen-bond acceptors (Lipinski definition) is 3. The van der Waals surface area contributed by atoms with E-state index in [0.29, 0.717) is 20.8 Å². The molecule has 0 fully saturated rings. The zero-order valence-electron chi connectivity index (χ0n) is 15.8. The lowest BCUT2D eigenvalue weighted by Gasteiger charge is -2.14. The quantitative estimate of drug-likeness (QED) is 0.569. The maximum Gasteiger partial charge on any atom is 0.431 e. The summed E-state index contributed by atoms with van der Waals surface area (Å²) in [4.78, 5) is 24.4. The zero-order chi connectivity index (χ0) is 23.0. The molecule has 164 valence electrons. The van der Waals surface area contributed by atoms with Crippen LogP contribution >= 0.6 is 0 Å². The van der Waals surface area contributed by atoms with E-state index in [0.717, 1.165) is 19.2 Å². The van der Waals surface area contributed by atoms with Crippen molar-refractivity contribution in [3.8, 4) is 11.4 Å². The van der Waals surface area contributed by atoms with Crippen molar-refractivity contribution in [2.45, 2.75) is 19.0 Å². The molecule has 0 atom stereocenters. The van der Waals surface area contributed by atoms with E-state index in [1.54, 1.807) is 0 Å². The Balaban J connectivity index is 1.79. The molecule has 0 aliphatic heterocycles. The SMILES string of the molecule is Cn1c(C(F)(F)F)cc(=O)n(-c2ccc(OCc3ccc(C(F)(F)F)cc3)cc2)c1=O. The molecule has 2 aromatic carbocycles. The van der Waals surface area contributed by atoms with Crippen molar-refractivity contribution < 1.29 is 31.1 Å². The van der Waals surface area contributed by atoms with Gasteiger partial charge in [0.2, 0.25) is 0 Å². The van der Waals surface area contributed by atoms with Gasteiger partial charge in [-0.15, -0.1) is 0 Å². The highest BCUT2D eigenvalue weighted by molar-refractivity contribution is 5.38. The van der Waals surface area contributed by atoms with Crippen molar-refractivity contribution in [3.05, 3.63) is 92.3 Å². The first-order valence-corrected chi connectivity index (χ1v) is 8.67. The Morgan fingerprint density at radius 2 is 1.42 bits per heavy atom. The van der Waals surface area contributed by atoms with Crippen LogP contribution in [0, 0.1) is 0 Å². The molecule has 0 saturated carbocycles. The van der Waals surface area contributed by atoms with E-state index in [1.165, 1.54) is 36.4 Å². The van der Waals surface area contributed by atoms with Gasteiger partial charge in [-0.05, 0) is 42.0 Å². The van der Waals surface area contributed by atoms with Crippen LogP contribution in [0.5, 0.6) is 5.75 Å². The van der Waals surface area contributed by atoms with Crippen LogP contribution in [0.25, 0.3) is 5.69 Å². The molecule has 0 unspecified atom stereocenters. The van der Waals surface area contributed by atoms with Gasteiger partial charge < -0.3 is 4.74 Å². The summed E-state index contributed by atoms with van der Waals surface area (Å²) in [5.74, 6) is 0.278. The molecule has 0 aliphatic carbocycles. The molecule has 0 saturated heterocycles. The minimum Gasteiger partial charge on any atom is -0.489 e. The average Bonchev–Trinajstić information content (AvgIpc) is 2.69. The Kier molecular flexibility index (Phi) is 5.70. The molecule has 0 amide bonds. The maximum atomic E-state index is 12.9. The standard InChI is InChI=1S/C20H14F6N2O3/c1-27-16(20(24,25)26)10-17(29)28(18(27)30)14-6-8-15(9-7-14)31-11-12-2-4-13(5-3-12)19(21,22)23/h2-10H,11H2,1H3. The normalized spacial score (nSPS) is 12.1. The smallest absolute Gasteiger partial charge is 0.431 e. The molecule has 0 N–H and O–H groups in total. The molecule has 0 spiro atoms. The summed E-state index contributed by atoms with van der Waals surface area (Å²) in [6.45, 7) is -0.0422. The second-order valence-electron chi connectivity index (χ2n) is 6.52. The van der Waals surface area contributed by atoms with Gasteiger partial charge in [-0.3, -0.25) is 9.36 Å². The van der Waals surface area contributed by atoms with Crippen LogP contribution in [-0.4, -0.2) is 9.13 Å². The van der Waals surface area contributed by atoms with E-state index in [2.05, 4.69) is 0 Å². The topological polar surface area (TPSA) is 53.2 Å². The lowest BCUT2D eigenvalue weighted by Crippen LogP contribution is -2.40. The maximum absolute atomic E-state index is 12.9. The zero-order valence-corrected chi connectivity index (χ0v) is 15.8. The second-order valence-corrected chi connectivity index (χ2v) is 6.52. The summed E-state index contributed by atoms with van der Waals surface area (Å²) in [6, 6.07) is 10.1. The molecule has 11 heteroatoms. The highest BCUT2D eigenvalue weighted by atomic mass is 19.4. The monoisotopic (exact) mass is 444 g/mol.